The molecule has 2 aliphatic heterocycles. The average molecular weight is 312 g/mol. The molecule has 2 aliphatic rings. The third kappa shape index (κ3) is 2.87. The topological polar surface area (TPSA) is 47.4 Å². The van der Waals surface area contributed by atoms with Gasteiger partial charge in [0.15, 0.2) is 5.78 Å². The van der Waals surface area contributed by atoms with Crippen LogP contribution in [0.15, 0.2) is 0 Å². The van der Waals surface area contributed by atoms with E-state index in [4.69, 9.17) is 16.3 Å². The second-order valence-electron chi connectivity index (χ2n) is 5.94. The molecule has 0 N–H and O–H groups in total. The number of fused-ring (bicyclic) bond motifs is 1. The molecule has 3 heterocycles. The molecule has 2 fully saturated rings. The number of rotatable bonds is 4. The van der Waals surface area contributed by atoms with Gasteiger partial charge in [-0.15, -0.1) is 0 Å². The zero-order valence-electron chi connectivity index (χ0n) is 12.6. The highest BCUT2D eigenvalue weighted by molar-refractivity contribution is 6.32. The van der Waals surface area contributed by atoms with Crippen molar-refractivity contribution in [2.45, 2.75) is 44.8 Å². The molecule has 2 saturated heterocycles. The third-order valence-electron chi connectivity index (χ3n) is 4.59. The van der Waals surface area contributed by atoms with Gasteiger partial charge in [0, 0.05) is 19.6 Å². The standard InChI is InChI=1S/C15H22ClN3O2/c1-3-11-15(16)12(18(2)17-11)7-13(20)14-8-19-6-4-5-10(19)9-21-14/h10,14H,3-9H2,1-2H3. The number of aromatic nitrogens is 2. The Kier molecular flexibility index (Phi) is 4.33. The first-order chi connectivity index (χ1) is 10.1. The van der Waals surface area contributed by atoms with Crippen LogP contribution in [0.3, 0.4) is 0 Å². The SMILES string of the molecule is CCc1nn(C)c(CC(=O)C2CN3CCCC3CO2)c1Cl. The molecule has 1 aromatic heterocycles. The summed E-state index contributed by atoms with van der Waals surface area (Å²) in [6.07, 6.45) is 3.15. The van der Waals surface area contributed by atoms with Crippen molar-refractivity contribution in [3.8, 4) is 0 Å². The highest BCUT2D eigenvalue weighted by atomic mass is 35.5. The van der Waals surface area contributed by atoms with Gasteiger partial charge >= 0.3 is 0 Å². The normalized spacial score (nSPS) is 26.0. The molecule has 6 heteroatoms. The Labute approximate surface area is 130 Å². The van der Waals surface area contributed by atoms with Crippen molar-refractivity contribution >= 4 is 17.4 Å². The summed E-state index contributed by atoms with van der Waals surface area (Å²) in [6, 6.07) is 0.515. The molecular formula is C15H22ClN3O2. The van der Waals surface area contributed by atoms with Gasteiger partial charge in [-0.1, -0.05) is 18.5 Å². The number of aryl methyl sites for hydroxylation is 2. The summed E-state index contributed by atoms with van der Waals surface area (Å²) in [5.74, 6) is 0.105. The van der Waals surface area contributed by atoms with Crippen LogP contribution in [-0.2, 0) is 29.4 Å². The van der Waals surface area contributed by atoms with Gasteiger partial charge < -0.3 is 4.74 Å². The lowest BCUT2D eigenvalue weighted by atomic mass is 10.1. The number of hydrogen-bond donors (Lipinski definition) is 0. The molecule has 0 aliphatic carbocycles. The fraction of sp³-hybridized carbons (Fsp3) is 0.733. The summed E-state index contributed by atoms with van der Waals surface area (Å²) >= 11 is 6.32. The highest BCUT2D eigenvalue weighted by Crippen LogP contribution is 2.25. The van der Waals surface area contributed by atoms with E-state index < -0.39 is 0 Å². The van der Waals surface area contributed by atoms with Crippen molar-refractivity contribution in [1.29, 1.82) is 0 Å². The van der Waals surface area contributed by atoms with Crippen molar-refractivity contribution in [3.63, 3.8) is 0 Å². The van der Waals surface area contributed by atoms with Gasteiger partial charge in [-0.2, -0.15) is 5.10 Å². The van der Waals surface area contributed by atoms with Crippen LogP contribution in [0, 0.1) is 0 Å². The number of morpholine rings is 1. The zero-order valence-corrected chi connectivity index (χ0v) is 13.4. The Hall–Kier alpha value is -0.910. The van der Waals surface area contributed by atoms with Gasteiger partial charge in [0.05, 0.1) is 29.4 Å². The van der Waals surface area contributed by atoms with Gasteiger partial charge in [0.25, 0.3) is 0 Å². The van der Waals surface area contributed by atoms with Crippen LogP contribution in [-0.4, -0.2) is 52.3 Å². The molecule has 0 aromatic carbocycles. The van der Waals surface area contributed by atoms with Crippen molar-refractivity contribution in [1.82, 2.24) is 14.7 Å². The van der Waals surface area contributed by atoms with Gasteiger partial charge in [0.1, 0.15) is 6.10 Å². The third-order valence-corrected chi connectivity index (χ3v) is 5.03. The number of ketones is 1. The fourth-order valence-corrected chi connectivity index (χ4v) is 3.66. The number of hydrogen-bond acceptors (Lipinski definition) is 4. The molecular weight excluding hydrogens is 290 g/mol. The van der Waals surface area contributed by atoms with E-state index in [0.29, 0.717) is 24.1 Å². The van der Waals surface area contributed by atoms with Crippen LogP contribution in [0.25, 0.3) is 0 Å². The quantitative estimate of drug-likeness (QED) is 0.847. The first-order valence-corrected chi connectivity index (χ1v) is 8.06. The van der Waals surface area contributed by atoms with Crippen molar-refractivity contribution in [2.24, 2.45) is 7.05 Å². The maximum absolute atomic E-state index is 12.5. The Morgan fingerprint density at radius 1 is 1.52 bits per heavy atom. The Morgan fingerprint density at radius 2 is 2.33 bits per heavy atom. The van der Waals surface area contributed by atoms with E-state index in [9.17, 15) is 4.79 Å². The summed E-state index contributed by atoms with van der Waals surface area (Å²) < 4.78 is 7.50. The molecule has 0 bridgehead atoms. The summed E-state index contributed by atoms with van der Waals surface area (Å²) in [7, 11) is 1.84. The predicted octanol–water partition coefficient (Wildman–Crippen LogP) is 1.61. The van der Waals surface area contributed by atoms with Gasteiger partial charge in [-0.05, 0) is 25.8 Å². The van der Waals surface area contributed by atoms with Crippen LogP contribution < -0.4 is 0 Å². The van der Waals surface area contributed by atoms with Crippen LogP contribution in [0.2, 0.25) is 5.02 Å². The van der Waals surface area contributed by atoms with Crippen LogP contribution in [0.5, 0.6) is 0 Å². The Morgan fingerprint density at radius 3 is 3.05 bits per heavy atom. The highest BCUT2D eigenvalue weighted by Gasteiger charge is 2.35. The van der Waals surface area contributed by atoms with E-state index in [0.717, 1.165) is 30.9 Å². The zero-order chi connectivity index (χ0) is 15.0. The van der Waals surface area contributed by atoms with E-state index in [2.05, 4.69) is 10.00 Å². The smallest absolute Gasteiger partial charge is 0.168 e. The van der Waals surface area contributed by atoms with E-state index in [1.165, 1.54) is 12.8 Å². The minimum absolute atomic E-state index is 0.105. The molecule has 0 spiro atoms. The molecule has 116 valence electrons. The van der Waals surface area contributed by atoms with Crippen molar-refractivity contribution in [3.05, 3.63) is 16.4 Å². The molecule has 0 radical (unpaired) electrons. The van der Waals surface area contributed by atoms with Crippen molar-refractivity contribution in [2.75, 3.05) is 19.7 Å². The van der Waals surface area contributed by atoms with Crippen LogP contribution >= 0.6 is 11.6 Å². The van der Waals surface area contributed by atoms with Gasteiger partial charge in [0.2, 0.25) is 0 Å². The molecule has 1 aromatic rings. The largest absolute Gasteiger partial charge is 0.367 e. The maximum atomic E-state index is 12.5. The van der Waals surface area contributed by atoms with Gasteiger partial charge in [-0.25, -0.2) is 0 Å². The summed E-state index contributed by atoms with van der Waals surface area (Å²) in [6.45, 7) is 4.50. The lowest BCUT2D eigenvalue weighted by molar-refractivity contribution is -0.137. The maximum Gasteiger partial charge on any atom is 0.168 e. The van der Waals surface area contributed by atoms with Crippen LogP contribution in [0.4, 0.5) is 0 Å². The number of ether oxygens (including phenoxy) is 1. The lowest BCUT2D eigenvalue weighted by Crippen LogP contribution is -2.49. The first-order valence-electron chi connectivity index (χ1n) is 7.68. The molecule has 3 rings (SSSR count). The molecule has 0 amide bonds. The number of halogens is 1. The minimum Gasteiger partial charge on any atom is -0.367 e. The van der Waals surface area contributed by atoms with E-state index in [1.54, 1.807) is 4.68 Å². The van der Waals surface area contributed by atoms with Gasteiger partial charge in [-0.3, -0.25) is 14.4 Å². The predicted molar refractivity (Wildman–Crippen MR) is 80.6 cm³/mol. The second-order valence-corrected chi connectivity index (χ2v) is 6.32. The molecule has 21 heavy (non-hydrogen) atoms. The average Bonchev–Trinajstić information content (AvgIpc) is 3.05. The Balaban J connectivity index is 1.68. The summed E-state index contributed by atoms with van der Waals surface area (Å²) in [5.41, 5.74) is 1.65. The molecule has 0 saturated carbocycles. The first kappa shape index (κ1) is 15.0. The van der Waals surface area contributed by atoms with E-state index in [-0.39, 0.29) is 11.9 Å². The monoisotopic (exact) mass is 311 g/mol. The molecule has 2 unspecified atom stereocenters. The minimum atomic E-state index is -0.324. The van der Waals surface area contributed by atoms with E-state index in [1.807, 2.05) is 14.0 Å². The number of carbonyl (C=O) groups excluding carboxylic acids is 1. The molecule has 2 atom stereocenters. The van der Waals surface area contributed by atoms with Crippen LogP contribution in [0.1, 0.15) is 31.2 Å². The number of carbonyl (C=O) groups is 1. The van der Waals surface area contributed by atoms with Crippen molar-refractivity contribution < 1.29 is 9.53 Å². The number of nitrogens with zero attached hydrogens (tertiary/aromatic N) is 3. The summed E-state index contributed by atoms with van der Waals surface area (Å²) in [4.78, 5) is 14.9. The molecule has 5 nitrogen and oxygen atoms in total. The fourth-order valence-electron chi connectivity index (χ4n) is 3.30. The summed E-state index contributed by atoms with van der Waals surface area (Å²) in [5, 5.41) is 4.99. The second kappa shape index (κ2) is 6.07. The Bertz CT molecular complexity index is 543. The number of Topliss-reactive ketones (excluding diaryl/α,β-unsaturated/α-hetero) is 1. The lowest BCUT2D eigenvalue weighted by Gasteiger charge is -2.34. The van der Waals surface area contributed by atoms with E-state index >= 15 is 0 Å².